The summed E-state index contributed by atoms with van der Waals surface area (Å²) in [6, 6.07) is 9.42. The van der Waals surface area contributed by atoms with Crippen LogP contribution in [0.2, 0.25) is 0 Å². The second-order valence-corrected chi connectivity index (χ2v) is 6.86. The molecule has 1 saturated carbocycles. The van der Waals surface area contributed by atoms with Crippen LogP contribution in [0.4, 0.5) is 9.93 Å². The highest BCUT2D eigenvalue weighted by Crippen LogP contribution is 2.43. The van der Waals surface area contributed by atoms with Crippen molar-refractivity contribution in [3.63, 3.8) is 0 Å². The minimum absolute atomic E-state index is 0.198. The van der Waals surface area contributed by atoms with E-state index in [2.05, 4.69) is 11.1 Å². The summed E-state index contributed by atoms with van der Waals surface area (Å²) in [4.78, 5) is 18.6. The number of hydrogen-bond donors (Lipinski definition) is 0. The van der Waals surface area contributed by atoms with Crippen molar-refractivity contribution in [2.45, 2.75) is 31.2 Å². The van der Waals surface area contributed by atoms with Gasteiger partial charge in [-0.3, -0.25) is 0 Å². The fraction of sp³-hybridized carbons (Fsp3) is 0.353. The number of cyclic esters (lactones) is 1. The van der Waals surface area contributed by atoms with Crippen molar-refractivity contribution in [3.8, 4) is 17.3 Å². The fourth-order valence-corrected chi connectivity index (χ4v) is 4.35. The summed E-state index contributed by atoms with van der Waals surface area (Å²) in [5.41, 5.74) is 2.19. The highest BCUT2D eigenvalue weighted by Gasteiger charge is 2.50. The molecule has 5 nitrogen and oxygen atoms in total. The van der Waals surface area contributed by atoms with E-state index in [4.69, 9.17) is 10.00 Å². The molecule has 0 atom stereocenters. The quantitative estimate of drug-likeness (QED) is 0.838. The van der Waals surface area contributed by atoms with Crippen LogP contribution >= 0.6 is 11.3 Å². The Balaban J connectivity index is 1.67. The normalized spacial score (nSPS) is 19.1. The molecule has 1 spiro atoms. The average molecular weight is 325 g/mol. The third kappa shape index (κ3) is 2.28. The number of aromatic nitrogens is 1. The number of benzene rings is 1. The minimum atomic E-state index is -0.285. The van der Waals surface area contributed by atoms with Gasteiger partial charge in [-0.05, 0) is 25.0 Å². The van der Waals surface area contributed by atoms with Crippen molar-refractivity contribution in [1.82, 2.24) is 4.98 Å². The van der Waals surface area contributed by atoms with Crippen LogP contribution in [0.25, 0.3) is 11.3 Å². The smallest absolute Gasteiger partial charge is 0.416 e. The van der Waals surface area contributed by atoms with Crippen molar-refractivity contribution < 1.29 is 9.53 Å². The predicted molar refractivity (Wildman–Crippen MR) is 87.3 cm³/mol. The molecule has 0 N–H and O–H groups in total. The number of nitriles is 1. The van der Waals surface area contributed by atoms with Crippen LogP contribution < -0.4 is 4.90 Å². The van der Waals surface area contributed by atoms with E-state index < -0.39 is 0 Å². The third-order valence-corrected chi connectivity index (χ3v) is 5.47. The topological polar surface area (TPSA) is 66.2 Å². The maximum atomic E-state index is 12.2. The summed E-state index contributed by atoms with van der Waals surface area (Å²) in [5, 5.41) is 11.5. The zero-order valence-corrected chi connectivity index (χ0v) is 13.3. The lowest BCUT2D eigenvalue weighted by Gasteiger charge is -2.29. The lowest BCUT2D eigenvalue weighted by Crippen LogP contribution is -2.45. The maximum Gasteiger partial charge on any atom is 0.416 e. The molecular formula is C17H15N3O2S. The minimum Gasteiger partial charge on any atom is -0.447 e. The molecule has 23 heavy (non-hydrogen) atoms. The number of nitrogens with zero attached hydrogens (tertiary/aromatic N) is 3. The number of hydrogen-bond acceptors (Lipinski definition) is 5. The lowest BCUT2D eigenvalue weighted by atomic mass is 9.98. The molecule has 1 amide bonds. The molecule has 2 fully saturated rings. The molecule has 0 bridgehead atoms. The van der Waals surface area contributed by atoms with Gasteiger partial charge in [-0.25, -0.2) is 14.7 Å². The Hall–Kier alpha value is -2.39. The first-order valence-electron chi connectivity index (χ1n) is 7.65. The number of rotatable bonds is 2. The first-order valence-corrected chi connectivity index (χ1v) is 8.53. The Morgan fingerprint density at radius 1 is 1.26 bits per heavy atom. The Bertz CT molecular complexity index is 785. The van der Waals surface area contributed by atoms with Crippen LogP contribution in [0.3, 0.4) is 0 Å². The van der Waals surface area contributed by atoms with E-state index in [1.807, 2.05) is 17.5 Å². The molecule has 116 valence electrons. The summed E-state index contributed by atoms with van der Waals surface area (Å²) in [7, 11) is 0. The molecule has 6 heteroatoms. The van der Waals surface area contributed by atoms with Crippen LogP contribution in [0, 0.1) is 11.3 Å². The summed E-state index contributed by atoms with van der Waals surface area (Å²) in [6.45, 7) is 0.470. The van der Waals surface area contributed by atoms with Gasteiger partial charge in [0, 0.05) is 10.9 Å². The van der Waals surface area contributed by atoms with E-state index in [9.17, 15) is 4.79 Å². The Morgan fingerprint density at radius 2 is 2.00 bits per heavy atom. The van der Waals surface area contributed by atoms with Gasteiger partial charge >= 0.3 is 6.09 Å². The van der Waals surface area contributed by atoms with E-state index in [1.54, 1.807) is 17.0 Å². The fourth-order valence-electron chi connectivity index (χ4n) is 3.42. The molecule has 0 radical (unpaired) electrons. The van der Waals surface area contributed by atoms with Crippen molar-refractivity contribution in [3.05, 3.63) is 35.2 Å². The first-order chi connectivity index (χ1) is 11.2. The third-order valence-electron chi connectivity index (χ3n) is 4.65. The van der Waals surface area contributed by atoms with Gasteiger partial charge in [-0.2, -0.15) is 5.26 Å². The van der Waals surface area contributed by atoms with Gasteiger partial charge in [0.2, 0.25) is 0 Å². The average Bonchev–Trinajstić information content (AvgIpc) is 3.30. The highest BCUT2D eigenvalue weighted by atomic mass is 32.1. The van der Waals surface area contributed by atoms with Crippen molar-refractivity contribution in [2.75, 3.05) is 11.5 Å². The summed E-state index contributed by atoms with van der Waals surface area (Å²) < 4.78 is 5.32. The zero-order chi connectivity index (χ0) is 15.9. The second-order valence-electron chi connectivity index (χ2n) is 6.03. The van der Waals surface area contributed by atoms with Crippen LogP contribution in [0.15, 0.2) is 29.6 Å². The molecule has 4 rings (SSSR count). The Labute approximate surface area is 138 Å². The van der Waals surface area contributed by atoms with Gasteiger partial charge in [-0.1, -0.05) is 25.0 Å². The maximum absolute atomic E-state index is 12.2. The van der Waals surface area contributed by atoms with Crippen LogP contribution in [0.5, 0.6) is 0 Å². The number of anilines is 1. The van der Waals surface area contributed by atoms with E-state index in [0.717, 1.165) is 36.9 Å². The molecule has 2 aromatic rings. The van der Waals surface area contributed by atoms with E-state index in [1.165, 1.54) is 11.3 Å². The van der Waals surface area contributed by atoms with Gasteiger partial charge in [0.15, 0.2) is 5.13 Å². The Kier molecular flexibility index (Phi) is 3.31. The second kappa shape index (κ2) is 5.36. The van der Waals surface area contributed by atoms with Crippen molar-refractivity contribution in [1.29, 1.82) is 5.26 Å². The van der Waals surface area contributed by atoms with E-state index >= 15 is 0 Å². The molecule has 2 aliphatic rings. The molecule has 0 unspecified atom stereocenters. The zero-order valence-electron chi connectivity index (χ0n) is 12.5. The van der Waals surface area contributed by atoms with Gasteiger partial charge < -0.3 is 4.74 Å². The number of amides is 1. The molecule has 1 aromatic carbocycles. The summed E-state index contributed by atoms with van der Waals surface area (Å²) in [5.74, 6) is 0. The SMILES string of the molecule is N#Cc1ccc(-c2csc(N3C(=O)OCC34CCCC4)n2)cc1. The van der Waals surface area contributed by atoms with Gasteiger partial charge in [-0.15, -0.1) is 11.3 Å². The van der Waals surface area contributed by atoms with Crippen molar-refractivity contribution >= 4 is 22.6 Å². The monoisotopic (exact) mass is 325 g/mol. The van der Waals surface area contributed by atoms with Gasteiger partial charge in [0.05, 0.1) is 22.9 Å². The molecule has 1 aliphatic carbocycles. The number of carbonyl (C=O) groups is 1. The molecule has 2 heterocycles. The number of carbonyl (C=O) groups excluding carboxylic acids is 1. The first kappa shape index (κ1) is 14.2. The summed E-state index contributed by atoms with van der Waals surface area (Å²) >= 11 is 1.47. The largest absolute Gasteiger partial charge is 0.447 e. The standard InChI is InChI=1S/C17H15N3O2S/c18-9-12-3-5-13(6-4-12)14-10-23-15(19-14)20-16(21)22-11-17(20)7-1-2-8-17/h3-6,10H,1-2,7-8,11H2. The molecule has 1 saturated heterocycles. The Morgan fingerprint density at radius 3 is 2.70 bits per heavy atom. The number of thiazole rings is 1. The summed E-state index contributed by atoms with van der Waals surface area (Å²) in [6.07, 6.45) is 3.92. The molecule has 1 aliphatic heterocycles. The van der Waals surface area contributed by atoms with Crippen LogP contribution in [0.1, 0.15) is 31.2 Å². The molecule has 1 aromatic heterocycles. The van der Waals surface area contributed by atoms with Gasteiger partial charge in [0.25, 0.3) is 0 Å². The van der Waals surface area contributed by atoms with Crippen LogP contribution in [-0.2, 0) is 4.74 Å². The molecular weight excluding hydrogens is 310 g/mol. The van der Waals surface area contributed by atoms with E-state index in [-0.39, 0.29) is 11.6 Å². The number of ether oxygens (including phenoxy) is 1. The highest BCUT2D eigenvalue weighted by molar-refractivity contribution is 7.14. The lowest BCUT2D eigenvalue weighted by molar-refractivity contribution is 0.173. The van der Waals surface area contributed by atoms with Crippen molar-refractivity contribution in [2.24, 2.45) is 0 Å². The van der Waals surface area contributed by atoms with E-state index in [0.29, 0.717) is 17.3 Å². The van der Waals surface area contributed by atoms with Crippen LogP contribution in [-0.4, -0.2) is 23.2 Å². The predicted octanol–water partition coefficient (Wildman–Crippen LogP) is 3.95. The van der Waals surface area contributed by atoms with Gasteiger partial charge in [0.1, 0.15) is 6.61 Å².